The van der Waals surface area contributed by atoms with Gasteiger partial charge in [-0.3, -0.25) is 19.2 Å². The molecule has 0 saturated heterocycles. The van der Waals surface area contributed by atoms with Crippen molar-refractivity contribution in [2.75, 3.05) is 13.2 Å². The third-order valence-electron chi connectivity index (χ3n) is 5.57. The molecule has 8 nitrogen and oxygen atoms in total. The molecule has 3 amide bonds. The van der Waals surface area contributed by atoms with Crippen molar-refractivity contribution in [2.45, 2.75) is 44.5 Å². The standard InChI is InChI=1S/C26H24Cl2F7N3O5/c1-12(2)21(22(40)26(34,35)24(42)36-11-25(31,32)33)38-23(41)19(6-13-3-4-17(29)18(30)5-13)37-20(39)10-43-16-8-14(27)7-15(28)9-16/h3-5,7-9,12,19,21H,6,10-11H2,1-2H3,(H,36,42)(H,37,39)(H,38,41)/t19-,21-/m0/s1. The zero-order valence-electron chi connectivity index (χ0n) is 22.3. The van der Waals surface area contributed by atoms with E-state index in [1.54, 1.807) is 0 Å². The second kappa shape index (κ2) is 14.7. The number of amides is 3. The molecule has 0 saturated carbocycles. The van der Waals surface area contributed by atoms with Gasteiger partial charge in [-0.05, 0) is 41.8 Å². The molecule has 0 fully saturated rings. The predicted octanol–water partition coefficient (Wildman–Crippen LogP) is 4.40. The van der Waals surface area contributed by atoms with Crippen LogP contribution in [-0.4, -0.2) is 60.8 Å². The van der Waals surface area contributed by atoms with E-state index in [-0.39, 0.29) is 21.4 Å². The Hall–Kier alpha value is -3.59. The van der Waals surface area contributed by atoms with Gasteiger partial charge >= 0.3 is 12.1 Å². The molecule has 0 aliphatic heterocycles. The van der Waals surface area contributed by atoms with Crippen molar-refractivity contribution in [3.8, 4) is 5.75 Å². The van der Waals surface area contributed by atoms with Crippen LogP contribution in [0, 0.1) is 17.6 Å². The van der Waals surface area contributed by atoms with Gasteiger partial charge in [0, 0.05) is 16.5 Å². The maximum atomic E-state index is 14.5. The summed E-state index contributed by atoms with van der Waals surface area (Å²) in [6.45, 7) is -0.486. The van der Waals surface area contributed by atoms with E-state index in [1.807, 2.05) is 5.32 Å². The Morgan fingerprint density at radius 2 is 1.49 bits per heavy atom. The number of rotatable bonds is 13. The van der Waals surface area contributed by atoms with Crippen molar-refractivity contribution < 1.29 is 54.6 Å². The molecule has 2 atom stereocenters. The summed E-state index contributed by atoms with van der Waals surface area (Å²) in [5.41, 5.74) is -0.0360. The van der Waals surface area contributed by atoms with Gasteiger partial charge in [0.25, 0.3) is 11.8 Å². The summed E-state index contributed by atoms with van der Waals surface area (Å²) in [7, 11) is 0. The second-order valence-corrected chi connectivity index (χ2v) is 10.3. The van der Waals surface area contributed by atoms with E-state index in [1.165, 1.54) is 32.0 Å². The Morgan fingerprint density at radius 3 is 2.02 bits per heavy atom. The number of hydrogen-bond acceptors (Lipinski definition) is 5. The maximum Gasteiger partial charge on any atom is 0.405 e. The summed E-state index contributed by atoms with van der Waals surface area (Å²) in [4.78, 5) is 50.1. The quantitative estimate of drug-likeness (QED) is 0.218. The highest BCUT2D eigenvalue weighted by molar-refractivity contribution is 6.34. The molecule has 0 unspecified atom stereocenters. The Morgan fingerprint density at radius 1 is 0.884 bits per heavy atom. The summed E-state index contributed by atoms with van der Waals surface area (Å²) in [6, 6.07) is 2.68. The molecule has 43 heavy (non-hydrogen) atoms. The molecule has 0 bridgehead atoms. The lowest BCUT2D eigenvalue weighted by atomic mass is 9.94. The Bertz CT molecular complexity index is 1340. The van der Waals surface area contributed by atoms with Crippen LogP contribution in [0.25, 0.3) is 0 Å². The SMILES string of the molecule is CC(C)[C@H](NC(=O)[C@H](Cc1ccc(F)c(F)c1)NC(=O)COc1cc(Cl)cc(Cl)c1)C(=O)C(F)(F)C(=O)NCC(F)(F)F. The first kappa shape index (κ1) is 35.6. The molecule has 0 heterocycles. The van der Waals surface area contributed by atoms with Gasteiger partial charge in [-0.1, -0.05) is 43.1 Å². The third-order valence-corrected chi connectivity index (χ3v) is 6.01. The molecular weight excluding hydrogens is 638 g/mol. The molecule has 0 aliphatic rings. The van der Waals surface area contributed by atoms with Crippen LogP contribution >= 0.6 is 23.2 Å². The molecule has 0 radical (unpaired) electrons. The third kappa shape index (κ3) is 10.9. The highest BCUT2D eigenvalue weighted by Crippen LogP contribution is 2.24. The van der Waals surface area contributed by atoms with Gasteiger partial charge in [0.05, 0.1) is 6.04 Å². The lowest BCUT2D eigenvalue weighted by Gasteiger charge is -2.27. The van der Waals surface area contributed by atoms with Crippen molar-refractivity contribution in [1.29, 1.82) is 0 Å². The lowest BCUT2D eigenvalue weighted by molar-refractivity contribution is -0.165. The smallest absolute Gasteiger partial charge is 0.405 e. The number of ether oxygens (including phenoxy) is 1. The Labute approximate surface area is 250 Å². The first-order chi connectivity index (χ1) is 19.8. The molecule has 0 aromatic heterocycles. The number of ketones is 1. The van der Waals surface area contributed by atoms with Gasteiger partial charge in [-0.15, -0.1) is 0 Å². The number of halogens is 9. The fourth-order valence-corrected chi connectivity index (χ4v) is 4.00. The van der Waals surface area contributed by atoms with Crippen molar-refractivity contribution in [3.05, 3.63) is 63.6 Å². The average molecular weight is 662 g/mol. The van der Waals surface area contributed by atoms with Gasteiger partial charge in [0.15, 0.2) is 18.2 Å². The monoisotopic (exact) mass is 661 g/mol. The fraction of sp³-hybridized carbons (Fsp3) is 0.385. The molecule has 0 aliphatic carbocycles. The number of Topliss-reactive ketones (excluding diaryl/α,β-unsaturated/α-hetero) is 1. The summed E-state index contributed by atoms with van der Waals surface area (Å²) in [5, 5.41) is 5.44. The molecule has 17 heteroatoms. The Balaban J connectivity index is 2.27. The number of carbonyl (C=O) groups excluding carboxylic acids is 4. The van der Waals surface area contributed by atoms with E-state index in [2.05, 4.69) is 5.32 Å². The Kier molecular flexibility index (Phi) is 12.2. The van der Waals surface area contributed by atoms with Crippen molar-refractivity contribution >= 4 is 46.7 Å². The van der Waals surface area contributed by atoms with Crippen LogP contribution < -0.4 is 20.7 Å². The van der Waals surface area contributed by atoms with Gasteiger partial charge < -0.3 is 20.7 Å². The predicted molar refractivity (Wildman–Crippen MR) is 140 cm³/mol. The average Bonchev–Trinajstić information content (AvgIpc) is 2.89. The van der Waals surface area contributed by atoms with Crippen LogP contribution in [0.3, 0.4) is 0 Å². The minimum absolute atomic E-state index is 0.0360. The van der Waals surface area contributed by atoms with Crippen molar-refractivity contribution in [3.63, 3.8) is 0 Å². The minimum Gasteiger partial charge on any atom is -0.484 e. The number of benzene rings is 2. The fourth-order valence-electron chi connectivity index (χ4n) is 3.50. The van der Waals surface area contributed by atoms with Gasteiger partial charge in [-0.2, -0.15) is 22.0 Å². The van der Waals surface area contributed by atoms with E-state index < -0.39 is 84.8 Å². The summed E-state index contributed by atoms with van der Waals surface area (Å²) >= 11 is 11.7. The molecule has 2 aromatic carbocycles. The molecule has 236 valence electrons. The zero-order chi connectivity index (χ0) is 32.7. The summed E-state index contributed by atoms with van der Waals surface area (Å²) in [5.74, 6) is -15.6. The molecule has 0 spiro atoms. The number of hydrogen-bond donors (Lipinski definition) is 3. The van der Waals surface area contributed by atoms with Crippen LogP contribution in [0.4, 0.5) is 30.7 Å². The van der Waals surface area contributed by atoms with Gasteiger partial charge in [0.2, 0.25) is 11.7 Å². The van der Waals surface area contributed by atoms with Crippen molar-refractivity contribution in [1.82, 2.24) is 16.0 Å². The largest absolute Gasteiger partial charge is 0.484 e. The zero-order valence-corrected chi connectivity index (χ0v) is 23.8. The number of alkyl halides is 5. The topological polar surface area (TPSA) is 114 Å². The first-order valence-electron chi connectivity index (χ1n) is 12.2. The van der Waals surface area contributed by atoms with Crippen LogP contribution in [0.1, 0.15) is 19.4 Å². The van der Waals surface area contributed by atoms with Crippen LogP contribution in [0.15, 0.2) is 36.4 Å². The van der Waals surface area contributed by atoms with E-state index in [9.17, 15) is 49.9 Å². The number of carbonyl (C=O) groups is 4. The summed E-state index contributed by atoms with van der Waals surface area (Å²) in [6.07, 6.45) is -5.59. The van der Waals surface area contributed by atoms with E-state index in [4.69, 9.17) is 27.9 Å². The molecule has 3 N–H and O–H groups in total. The van der Waals surface area contributed by atoms with Crippen molar-refractivity contribution in [2.24, 2.45) is 5.92 Å². The van der Waals surface area contributed by atoms with Gasteiger partial charge in [-0.25, -0.2) is 8.78 Å². The van der Waals surface area contributed by atoms with Crippen LogP contribution in [-0.2, 0) is 25.6 Å². The summed E-state index contributed by atoms with van der Waals surface area (Å²) < 4.78 is 98.7. The highest BCUT2D eigenvalue weighted by Gasteiger charge is 2.52. The minimum atomic E-state index is -5.05. The van der Waals surface area contributed by atoms with Crippen LogP contribution in [0.2, 0.25) is 10.0 Å². The maximum absolute atomic E-state index is 14.5. The van der Waals surface area contributed by atoms with Gasteiger partial charge in [0.1, 0.15) is 18.3 Å². The first-order valence-corrected chi connectivity index (χ1v) is 13.0. The highest BCUT2D eigenvalue weighted by atomic mass is 35.5. The second-order valence-electron chi connectivity index (χ2n) is 9.43. The van der Waals surface area contributed by atoms with E-state index >= 15 is 0 Å². The van der Waals surface area contributed by atoms with Crippen LogP contribution in [0.5, 0.6) is 5.75 Å². The molecule has 2 aromatic rings. The number of nitrogens with one attached hydrogen (secondary N) is 3. The lowest BCUT2D eigenvalue weighted by Crippen LogP contribution is -2.59. The molecular formula is C26H24Cl2F7N3O5. The molecule has 2 rings (SSSR count). The normalized spacial score (nSPS) is 13.2. The van der Waals surface area contributed by atoms with E-state index in [0.29, 0.717) is 6.07 Å². The van der Waals surface area contributed by atoms with E-state index in [0.717, 1.165) is 17.4 Å².